The van der Waals surface area contributed by atoms with Gasteiger partial charge in [0.25, 0.3) is 0 Å². The molecule has 0 aliphatic heterocycles. The average Bonchev–Trinajstić information content (AvgIpc) is 2.41. The zero-order valence-corrected chi connectivity index (χ0v) is 11.7. The number of nitrogens with zero attached hydrogens (tertiary/aromatic N) is 1. The van der Waals surface area contributed by atoms with Gasteiger partial charge in [0.2, 0.25) is 0 Å². The summed E-state index contributed by atoms with van der Waals surface area (Å²) in [5.41, 5.74) is 0.529. The Morgan fingerprint density at radius 2 is 1.90 bits per heavy atom. The molecule has 0 atom stereocenters. The summed E-state index contributed by atoms with van der Waals surface area (Å²) in [4.78, 5) is 12.5. The molecule has 3 nitrogen and oxygen atoms in total. The fourth-order valence-electron chi connectivity index (χ4n) is 2.01. The first-order chi connectivity index (χ1) is 9.54. The van der Waals surface area contributed by atoms with E-state index in [2.05, 4.69) is 6.92 Å². The fourth-order valence-corrected chi connectivity index (χ4v) is 2.01. The van der Waals surface area contributed by atoms with E-state index >= 15 is 0 Å². The predicted molar refractivity (Wildman–Crippen MR) is 75.0 cm³/mol. The van der Waals surface area contributed by atoms with Gasteiger partial charge in [-0.2, -0.15) is 0 Å². The molecule has 1 rings (SSSR count). The number of benzene rings is 1. The van der Waals surface area contributed by atoms with Crippen LogP contribution in [0.15, 0.2) is 18.2 Å². The van der Waals surface area contributed by atoms with Crippen molar-refractivity contribution in [2.24, 2.45) is 0 Å². The standard InChI is InChI=1S/C15H21F2NO2/c1-2-3-4-5-9-18(10-8-15(19)20)12-6-7-13(16)14(17)11-12/h6-7,11H,2-5,8-10H2,1H3,(H,19,20). The maximum atomic E-state index is 13.3. The van der Waals surface area contributed by atoms with Crippen LogP contribution in [-0.4, -0.2) is 24.2 Å². The summed E-state index contributed by atoms with van der Waals surface area (Å²) in [6.45, 7) is 3.06. The molecule has 112 valence electrons. The topological polar surface area (TPSA) is 40.5 Å². The van der Waals surface area contributed by atoms with E-state index in [1.54, 1.807) is 4.90 Å². The van der Waals surface area contributed by atoms with Crippen molar-refractivity contribution in [2.45, 2.75) is 39.0 Å². The molecule has 0 saturated heterocycles. The van der Waals surface area contributed by atoms with Crippen LogP contribution < -0.4 is 4.90 Å². The van der Waals surface area contributed by atoms with E-state index in [1.807, 2.05) is 0 Å². The molecule has 5 heteroatoms. The van der Waals surface area contributed by atoms with Gasteiger partial charge in [-0.3, -0.25) is 4.79 Å². The van der Waals surface area contributed by atoms with E-state index in [-0.39, 0.29) is 6.42 Å². The smallest absolute Gasteiger partial charge is 0.305 e. The highest BCUT2D eigenvalue weighted by molar-refractivity contribution is 5.67. The summed E-state index contributed by atoms with van der Waals surface area (Å²) in [6.07, 6.45) is 4.16. The maximum absolute atomic E-state index is 13.3. The monoisotopic (exact) mass is 285 g/mol. The normalized spacial score (nSPS) is 10.6. The minimum atomic E-state index is -0.906. The first-order valence-electron chi connectivity index (χ1n) is 6.96. The number of anilines is 1. The molecule has 0 fully saturated rings. The molecule has 0 aliphatic rings. The highest BCUT2D eigenvalue weighted by Crippen LogP contribution is 2.19. The number of unbranched alkanes of at least 4 members (excludes halogenated alkanes) is 3. The Balaban J connectivity index is 2.68. The van der Waals surface area contributed by atoms with Gasteiger partial charge >= 0.3 is 5.97 Å². The largest absolute Gasteiger partial charge is 0.481 e. The second kappa shape index (κ2) is 8.51. The van der Waals surface area contributed by atoms with Crippen molar-refractivity contribution in [3.8, 4) is 0 Å². The molecule has 1 aromatic rings. The van der Waals surface area contributed by atoms with E-state index in [0.29, 0.717) is 18.8 Å². The molecule has 0 unspecified atom stereocenters. The van der Waals surface area contributed by atoms with Crippen LogP contribution in [0.2, 0.25) is 0 Å². The number of carbonyl (C=O) groups is 1. The van der Waals surface area contributed by atoms with Gasteiger partial charge < -0.3 is 10.0 Å². The van der Waals surface area contributed by atoms with Crippen molar-refractivity contribution in [1.29, 1.82) is 0 Å². The molecule has 0 aromatic heterocycles. The summed E-state index contributed by atoms with van der Waals surface area (Å²) in [5, 5.41) is 8.76. The Bertz CT molecular complexity index is 438. The summed E-state index contributed by atoms with van der Waals surface area (Å²) in [6, 6.07) is 3.68. The minimum absolute atomic E-state index is 0.0211. The van der Waals surface area contributed by atoms with Crippen molar-refractivity contribution < 1.29 is 18.7 Å². The average molecular weight is 285 g/mol. The molecule has 20 heavy (non-hydrogen) atoms. The van der Waals surface area contributed by atoms with E-state index in [4.69, 9.17) is 5.11 Å². The van der Waals surface area contributed by atoms with E-state index in [0.717, 1.165) is 37.8 Å². The number of carboxylic acids is 1. The molecule has 0 radical (unpaired) electrons. The van der Waals surface area contributed by atoms with Gasteiger partial charge in [-0.25, -0.2) is 8.78 Å². The van der Waals surface area contributed by atoms with Crippen LogP contribution in [0.5, 0.6) is 0 Å². The van der Waals surface area contributed by atoms with Crippen LogP contribution in [0.25, 0.3) is 0 Å². The lowest BCUT2D eigenvalue weighted by molar-refractivity contribution is -0.136. The van der Waals surface area contributed by atoms with Crippen LogP contribution in [0, 0.1) is 11.6 Å². The Kier molecular flexibility index (Phi) is 6.98. The Morgan fingerprint density at radius 3 is 2.50 bits per heavy atom. The number of carboxylic acid groups (broad SMARTS) is 1. The van der Waals surface area contributed by atoms with Crippen LogP contribution >= 0.6 is 0 Å². The van der Waals surface area contributed by atoms with Crippen LogP contribution in [0.4, 0.5) is 14.5 Å². The predicted octanol–water partition coefficient (Wildman–Crippen LogP) is 3.83. The molecule has 0 heterocycles. The number of hydrogen-bond donors (Lipinski definition) is 1. The molecule has 0 amide bonds. The van der Waals surface area contributed by atoms with Crippen molar-refractivity contribution >= 4 is 11.7 Å². The summed E-state index contributed by atoms with van der Waals surface area (Å²) in [7, 11) is 0. The third kappa shape index (κ3) is 5.55. The second-order valence-corrected chi connectivity index (χ2v) is 4.79. The zero-order valence-electron chi connectivity index (χ0n) is 11.7. The lowest BCUT2D eigenvalue weighted by Gasteiger charge is -2.24. The maximum Gasteiger partial charge on any atom is 0.305 e. The first kappa shape index (κ1) is 16.4. The second-order valence-electron chi connectivity index (χ2n) is 4.79. The minimum Gasteiger partial charge on any atom is -0.481 e. The molecule has 0 bridgehead atoms. The Labute approximate surface area is 118 Å². The number of aliphatic carboxylic acids is 1. The van der Waals surface area contributed by atoms with Crippen molar-refractivity contribution in [3.05, 3.63) is 29.8 Å². The lowest BCUT2D eigenvalue weighted by Crippen LogP contribution is -2.27. The highest BCUT2D eigenvalue weighted by atomic mass is 19.2. The van der Waals surface area contributed by atoms with Gasteiger partial charge in [0, 0.05) is 24.8 Å². The van der Waals surface area contributed by atoms with Gasteiger partial charge in [0.1, 0.15) is 0 Å². The number of hydrogen-bond acceptors (Lipinski definition) is 2. The molecular weight excluding hydrogens is 264 g/mol. The SMILES string of the molecule is CCCCCCN(CCC(=O)O)c1ccc(F)c(F)c1. The first-order valence-corrected chi connectivity index (χ1v) is 6.96. The van der Waals surface area contributed by atoms with Gasteiger partial charge in [0.05, 0.1) is 6.42 Å². The van der Waals surface area contributed by atoms with Crippen LogP contribution in [-0.2, 0) is 4.79 Å². The summed E-state index contributed by atoms with van der Waals surface area (Å²) in [5.74, 6) is -2.69. The van der Waals surface area contributed by atoms with Crippen molar-refractivity contribution in [2.75, 3.05) is 18.0 Å². The Hall–Kier alpha value is -1.65. The molecular formula is C15H21F2NO2. The van der Waals surface area contributed by atoms with Crippen molar-refractivity contribution in [1.82, 2.24) is 0 Å². The Morgan fingerprint density at radius 1 is 1.15 bits per heavy atom. The number of halogens is 2. The van der Waals surface area contributed by atoms with E-state index < -0.39 is 17.6 Å². The van der Waals surface area contributed by atoms with E-state index in [9.17, 15) is 13.6 Å². The molecule has 0 saturated carbocycles. The van der Waals surface area contributed by atoms with Crippen LogP contribution in [0.3, 0.4) is 0 Å². The molecule has 1 N–H and O–H groups in total. The third-order valence-corrected chi connectivity index (χ3v) is 3.15. The van der Waals surface area contributed by atoms with Gasteiger partial charge in [-0.05, 0) is 18.6 Å². The van der Waals surface area contributed by atoms with Crippen molar-refractivity contribution in [3.63, 3.8) is 0 Å². The third-order valence-electron chi connectivity index (χ3n) is 3.15. The lowest BCUT2D eigenvalue weighted by atomic mass is 10.2. The summed E-state index contributed by atoms with van der Waals surface area (Å²) < 4.78 is 26.2. The quantitative estimate of drug-likeness (QED) is 0.701. The molecule has 1 aromatic carbocycles. The van der Waals surface area contributed by atoms with Gasteiger partial charge in [-0.15, -0.1) is 0 Å². The fraction of sp³-hybridized carbons (Fsp3) is 0.533. The number of rotatable bonds is 9. The van der Waals surface area contributed by atoms with Gasteiger partial charge in [-0.1, -0.05) is 26.2 Å². The van der Waals surface area contributed by atoms with Crippen LogP contribution in [0.1, 0.15) is 39.0 Å². The molecule has 0 aliphatic carbocycles. The zero-order chi connectivity index (χ0) is 15.0. The van der Waals surface area contributed by atoms with Gasteiger partial charge in [0.15, 0.2) is 11.6 Å². The molecule has 0 spiro atoms. The summed E-state index contributed by atoms with van der Waals surface area (Å²) >= 11 is 0. The van der Waals surface area contributed by atoms with E-state index in [1.165, 1.54) is 6.07 Å². The highest BCUT2D eigenvalue weighted by Gasteiger charge is 2.11.